The third-order valence-electron chi connectivity index (χ3n) is 3.84. The molecule has 1 amide bonds. The molecular formula is C15H18N6O2. The van der Waals surface area contributed by atoms with Crippen molar-refractivity contribution in [3.8, 4) is 0 Å². The first kappa shape index (κ1) is 15.1. The number of hydrogen-bond acceptors (Lipinski definition) is 6. The Labute approximate surface area is 133 Å². The molecule has 2 aromatic rings. The van der Waals surface area contributed by atoms with Gasteiger partial charge in [-0.15, -0.1) is 5.10 Å². The minimum absolute atomic E-state index is 0.0251. The Balaban J connectivity index is 1.59. The van der Waals surface area contributed by atoms with E-state index in [0.717, 1.165) is 5.82 Å². The van der Waals surface area contributed by atoms with Crippen molar-refractivity contribution in [1.29, 1.82) is 0 Å². The van der Waals surface area contributed by atoms with Crippen LogP contribution in [0.4, 0.5) is 5.82 Å². The van der Waals surface area contributed by atoms with Crippen LogP contribution in [-0.4, -0.2) is 56.7 Å². The van der Waals surface area contributed by atoms with E-state index >= 15 is 0 Å². The van der Waals surface area contributed by atoms with E-state index in [2.05, 4.69) is 20.1 Å². The summed E-state index contributed by atoms with van der Waals surface area (Å²) in [5, 5.41) is 7.95. The largest absolute Gasteiger partial charge is 0.352 e. The highest BCUT2D eigenvalue weighted by atomic mass is 16.2. The van der Waals surface area contributed by atoms with Crippen LogP contribution in [0, 0.1) is 6.92 Å². The molecule has 2 aromatic heterocycles. The van der Waals surface area contributed by atoms with Crippen LogP contribution in [0.1, 0.15) is 5.69 Å². The fraction of sp³-hybridized carbons (Fsp3) is 0.400. The van der Waals surface area contributed by atoms with Gasteiger partial charge < -0.3 is 9.80 Å². The molecule has 1 saturated heterocycles. The highest BCUT2D eigenvalue weighted by Gasteiger charge is 2.22. The van der Waals surface area contributed by atoms with Crippen LogP contribution in [0.15, 0.2) is 35.5 Å². The van der Waals surface area contributed by atoms with Gasteiger partial charge in [-0.3, -0.25) is 14.2 Å². The molecule has 1 fully saturated rings. The number of nitrogens with zero attached hydrogens (tertiary/aromatic N) is 6. The second-order valence-electron chi connectivity index (χ2n) is 5.45. The zero-order valence-corrected chi connectivity index (χ0v) is 12.9. The number of rotatable bonds is 3. The lowest BCUT2D eigenvalue weighted by Gasteiger charge is -2.35. The summed E-state index contributed by atoms with van der Waals surface area (Å²) >= 11 is 0. The van der Waals surface area contributed by atoms with Gasteiger partial charge >= 0.3 is 0 Å². The molecule has 0 bridgehead atoms. The summed E-state index contributed by atoms with van der Waals surface area (Å²) in [5.74, 6) is 0.745. The van der Waals surface area contributed by atoms with Crippen molar-refractivity contribution in [1.82, 2.24) is 24.6 Å². The van der Waals surface area contributed by atoms with Gasteiger partial charge in [0.05, 0.1) is 6.33 Å². The lowest BCUT2D eigenvalue weighted by atomic mass is 10.3. The minimum atomic E-state index is -0.205. The number of carbonyl (C=O) groups excluding carboxylic acids is 1. The first-order valence-corrected chi connectivity index (χ1v) is 7.47. The summed E-state index contributed by atoms with van der Waals surface area (Å²) in [6, 6.07) is 5.18. The summed E-state index contributed by atoms with van der Waals surface area (Å²) in [7, 11) is 0. The highest BCUT2D eigenvalue weighted by Crippen LogP contribution is 2.11. The highest BCUT2D eigenvalue weighted by molar-refractivity contribution is 5.76. The number of hydrogen-bond donors (Lipinski definition) is 0. The van der Waals surface area contributed by atoms with E-state index in [1.165, 1.54) is 17.0 Å². The molecule has 23 heavy (non-hydrogen) atoms. The molecule has 0 atom stereocenters. The molecule has 0 spiro atoms. The maximum atomic E-state index is 12.3. The summed E-state index contributed by atoms with van der Waals surface area (Å²) in [5.41, 5.74) is 0.445. The number of amides is 1. The molecule has 0 unspecified atom stereocenters. The van der Waals surface area contributed by atoms with E-state index in [4.69, 9.17) is 0 Å². The quantitative estimate of drug-likeness (QED) is 0.773. The molecule has 8 nitrogen and oxygen atoms in total. The second-order valence-corrected chi connectivity index (χ2v) is 5.45. The van der Waals surface area contributed by atoms with E-state index in [0.29, 0.717) is 31.9 Å². The van der Waals surface area contributed by atoms with E-state index < -0.39 is 0 Å². The fourth-order valence-corrected chi connectivity index (χ4v) is 2.53. The predicted octanol–water partition coefficient (Wildman–Crippen LogP) is -0.309. The van der Waals surface area contributed by atoms with Gasteiger partial charge in [-0.05, 0) is 19.1 Å². The second kappa shape index (κ2) is 6.55. The zero-order chi connectivity index (χ0) is 16.2. The summed E-state index contributed by atoms with van der Waals surface area (Å²) in [6.45, 7) is 4.38. The molecule has 0 saturated carbocycles. The maximum absolute atomic E-state index is 12.3. The molecule has 3 heterocycles. The first-order chi connectivity index (χ1) is 11.1. The van der Waals surface area contributed by atoms with E-state index in [9.17, 15) is 9.59 Å². The monoisotopic (exact) mass is 314 g/mol. The summed E-state index contributed by atoms with van der Waals surface area (Å²) < 4.78 is 1.34. The van der Waals surface area contributed by atoms with Crippen molar-refractivity contribution in [3.05, 3.63) is 46.8 Å². The fourth-order valence-electron chi connectivity index (χ4n) is 2.53. The van der Waals surface area contributed by atoms with Crippen molar-refractivity contribution in [2.24, 2.45) is 0 Å². The van der Waals surface area contributed by atoms with Gasteiger partial charge in [0.15, 0.2) is 5.82 Å². The van der Waals surface area contributed by atoms with Gasteiger partial charge in [-0.2, -0.15) is 5.10 Å². The van der Waals surface area contributed by atoms with Crippen molar-refractivity contribution >= 4 is 11.7 Å². The van der Waals surface area contributed by atoms with E-state index in [1.54, 1.807) is 18.0 Å². The Bertz CT molecular complexity index is 737. The Morgan fingerprint density at radius 2 is 2.04 bits per heavy atom. The summed E-state index contributed by atoms with van der Waals surface area (Å²) in [6.07, 6.45) is 3.06. The van der Waals surface area contributed by atoms with E-state index in [-0.39, 0.29) is 18.0 Å². The average Bonchev–Trinajstić information content (AvgIpc) is 2.58. The van der Waals surface area contributed by atoms with Gasteiger partial charge in [-0.25, -0.2) is 4.98 Å². The lowest BCUT2D eigenvalue weighted by Crippen LogP contribution is -2.50. The Morgan fingerprint density at radius 3 is 2.70 bits per heavy atom. The van der Waals surface area contributed by atoms with Crippen molar-refractivity contribution in [2.75, 3.05) is 31.1 Å². The molecule has 0 N–H and O–H groups in total. The molecule has 0 aromatic carbocycles. The van der Waals surface area contributed by atoms with Crippen LogP contribution in [0.5, 0.6) is 0 Å². The molecule has 1 aliphatic rings. The molecule has 120 valence electrons. The van der Waals surface area contributed by atoms with Crippen molar-refractivity contribution in [2.45, 2.75) is 13.5 Å². The molecule has 8 heteroatoms. The lowest BCUT2D eigenvalue weighted by molar-refractivity contribution is -0.132. The Hall–Kier alpha value is -2.77. The Kier molecular flexibility index (Phi) is 4.31. The SMILES string of the molecule is Cc1cc(=O)n(CC(=O)N2CCN(c3cccnn3)CC2)cn1. The number of anilines is 1. The van der Waals surface area contributed by atoms with Crippen LogP contribution in [0.3, 0.4) is 0 Å². The number of carbonyl (C=O) groups is 1. The van der Waals surface area contributed by atoms with Crippen LogP contribution in [0.25, 0.3) is 0 Å². The van der Waals surface area contributed by atoms with Gasteiger partial charge in [0.25, 0.3) is 5.56 Å². The van der Waals surface area contributed by atoms with Gasteiger partial charge in [0.2, 0.25) is 5.91 Å². The Morgan fingerprint density at radius 1 is 1.26 bits per heavy atom. The van der Waals surface area contributed by atoms with Gasteiger partial charge in [0, 0.05) is 44.1 Å². The topological polar surface area (TPSA) is 84.2 Å². The van der Waals surface area contributed by atoms with Crippen molar-refractivity contribution < 1.29 is 4.79 Å². The standard InChI is InChI=1S/C15H18N6O2/c1-12-9-14(22)21(11-16-12)10-15(23)20-7-5-19(6-8-20)13-3-2-4-17-18-13/h2-4,9,11H,5-8,10H2,1H3. The van der Waals surface area contributed by atoms with Crippen LogP contribution in [-0.2, 0) is 11.3 Å². The molecule has 1 aliphatic heterocycles. The minimum Gasteiger partial charge on any atom is -0.352 e. The molecule has 0 radical (unpaired) electrons. The molecular weight excluding hydrogens is 296 g/mol. The number of aromatic nitrogens is 4. The molecule has 0 aliphatic carbocycles. The van der Waals surface area contributed by atoms with Crippen LogP contribution < -0.4 is 10.5 Å². The number of piperazine rings is 1. The summed E-state index contributed by atoms with van der Waals surface area (Å²) in [4.78, 5) is 32.1. The predicted molar refractivity (Wildman–Crippen MR) is 84.1 cm³/mol. The maximum Gasteiger partial charge on any atom is 0.253 e. The van der Waals surface area contributed by atoms with E-state index in [1.807, 2.05) is 12.1 Å². The molecule has 3 rings (SSSR count). The van der Waals surface area contributed by atoms with Crippen LogP contribution >= 0.6 is 0 Å². The van der Waals surface area contributed by atoms with Gasteiger partial charge in [-0.1, -0.05) is 0 Å². The van der Waals surface area contributed by atoms with Crippen molar-refractivity contribution in [3.63, 3.8) is 0 Å². The first-order valence-electron chi connectivity index (χ1n) is 7.47. The zero-order valence-electron chi connectivity index (χ0n) is 12.9. The normalized spacial score (nSPS) is 14.8. The average molecular weight is 314 g/mol. The number of aryl methyl sites for hydroxylation is 1. The van der Waals surface area contributed by atoms with Gasteiger partial charge in [0.1, 0.15) is 6.54 Å². The third kappa shape index (κ3) is 3.53. The van der Waals surface area contributed by atoms with Crippen LogP contribution in [0.2, 0.25) is 0 Å². The third-order valence-corrected chi connectivity index (χ3v) is 3.84. The smallest absolute Gasteiger partial charge is 0.253 e.